The Morgan fingerprint density at radius 1 is 1.30 bits per heavy atom. The van der Waals surface area contributed by atoms with Gasteiger partial charge in [-0.2, -0.15) is 0 Å². The van der Waals surface area contributed by atoms with Gasteiger partial charge in [0.2, 0.25) is 0 Å². The van der Waals surface area contributed by atoms with Gasteiger partial charge in [0.1, 0.15) is 5.75 Å². The molecular formula is C16H25NO3. The Kier molecular flexibility index (Phi) is 6.84. The highest BCUT2D eigenvalue weighted by Crippen LogP contribution is 2.12. The van der Waals surface area contributed by atoms with Gasteiger partial charge >= 0.3 is 0 Å². The summed E-state index contributed by atoms with van der Waals surface area (Å²) in [7, 11) is 1.68. The third-order valence-electron chi connectivity index (χ3n) is 3.46. The van der Waals surface area contributed by atoms with Gasteiger partial charge in [-0.1, -0.05) is 12.1 Å². The topological polar surface area (TPSA) is 39.7 Å². The molecule has 1 aliphatic heterocycles. The Bertz CT molecular complexity index is 360. The zero-order valence-corrected chi connectivity index (χ0v) is 12.3. The number of nitrogens with one attached hydrogen (secondary N) is 1. The van der Waals surface area contributed by atoms with Crippen LogP contribution in [0.1, 0.15) is 24.8 Å². The van der Waals surface area contributed by atoms with Gasteiger partial charge in [0.05, 0.1) is 19.8 Å². The highest BCUT2D eigenvalue weighted by Gasteiger charge is 2.14. The summed E-state index contributed by atoms with van der Waals surface area (Å²) in [6.45, 7) is 4.30. The summed E-state index contributed by atoms with van der Waals surface area (Å²) < 4.78 is 16.3. The zero-order chi connectivity index (χ0) is 14.0. The van der Waals surface area contributed by atoms with E-state index in [2.05, 4.69) is 17.4 Å². The van der Waals surface area contributed by atoms with Gasteiger partial charge in [-0.05, 0) is 43.5 Å². The van der Waals surface area contributed by atoms with Crippen LogP contribution in [0.3, 0.4) is 0 Å². The van der Waals surface area contributed by atoms with Crippen LogP contribution in [0.4, 0.5) is 0 Å². The largest absolute Gasteiger partial charge is 0.497 e. The van der Waals surface area contributed by atoms with E-state index in [1.807, 2.05) is 12.1 Å². The maximum Gasteiger partial charge on any atom is 0.118 e. The van der Waals surface area contributed by atoms with Crippen molar-refractivity contribution in [3.05, 3.63) is 29.8 Å². The molecule has 20 heavy (non-hydrogen) atoms. The Labute approximate surface area is 121 Å². The van der Waals surface area contributed by atoms with E-state index in [1.165, 1.54) is 12.0 Å². The normalized spacial score (nSPS) is 18.4. The smallest absolute Gasteiger partial charge is 0.118 e. The van der Waals surface area contributed by atoms with Crippen molar-refractivity contribution in [1.82, 2.24) is 5.32 Å². The number of benzene rings is 1. The van der Waals surface area contributed by atoms with Gasteiger partial charge in [-0.25, -0.2) is 0 Å². The van der Waals surface area contributed by atoms with E-state index in [4.69, 9.17) is 14.2 Å². The monoisotopic (exact) mass is 279 g/mol. The molecule has 1 heterocycles. The predicted octanol–water partition coefficient (Wildman–Crippen LogP) is 2.37. The van der Waals surface area contributed by atoms with Crippen molar-refractivity contribution in [2.75, 3.05) is 33.5 Å². The first-order chi connectivity index (χ1) is 9.88. The van der Waals surface area contributed by atoms with Gasteiger partial charge < -0.3 is 19.5 Å². The third-order valence-corrected chi connectivity index (χ3v) is 3.46. The molecule has 0 amide bonds. The molecule has 4 nitrogen and oxygen atoms in total. The standard InChI is InChI=1S/C16H25NO3/c1-18-15-7-5-14(6-8-15)12-17-9-3-10-19-13-16-4-2-11-20-16/h5-8,16-17H,2-4,9-13H2,1H3. The molecule has 1 aromatic rings. The molecule has 0 spiro atoms. The van der Waals surface area contributed by atoms with Crippen LogP contribution in [0.25, 0.3) is 0 Å². The minimum absolute atomic E-state index is 0.335. The lowest BCUT2D eigenvalue weighted by Gasteiger charge is -2.10. The Morgan fingerprint density at radius 3 is 2.85 bits per heavy atom. The maximum atomic E-state index is 5.62. The van der Waals surface area contributed by atoms with Crippen LogP contribution in [0.2, 0.25) is 0 Å². The van der Waals surface area contributed by atoms with Crippen molar-refractivity contribution in [2.45, 2.75) is 31.9 Å². The Morgan fingerprint density at radius 2 is 2.15 bits per heavy atom. The van der Waals surface area contributed by atoms with Crippen LogP contribution in [-0.2, 0) is 16.0 Å². The highest BCUT2D eigenvalue weighted by molar-refractivity contribution is 5.26. The Balaban J connectivity index is 1.46. The van der Waals surface area contributed by atoms with Crippen molar-refractivity contribution in [3.8, 4) is 5.75 Å². The van der Waals surface area contributed by atoms with Crippen LogP contribution >= 0.6 is 0 Å². The molecule has 1 aliphatic rings. The minimum atomic E-state index is 0.335. The summed E-state index contributed by atoms with van der Waals surface area (Å²) in [5.74, 6) is 0.899. The first-order valence-electron chi connectivity index (χ1n) is 7.41. The third kappa shape index (κ3) is 5.49. The predicted molar refractivity (Wildman–Crippen MR) is 79.1 cm³/mol. The van der Waals surface area contributed by atoms with Crippen LogP contribution in [0.5, 0.6) is 5.75 Å². The number of ether oxygens (including phenoxy) is 3. The molecule has 2 rings (SSSR count). The summed E-state index contributed by atoms with van der Waals surface area (Å²) in [4.78, 5) is 0. The molecular weight excluding hydrogens is 254 g/mol. The van der Waals surface area contributed by atoms with E-state index in [0.29, 0.717) is 6.10 Å². The van der Waals surface area contributed by atoms with Gasteiger partial charge in [-0.15, -0.1) is 0 Å². The fraction of sp³-hybridized carbons (Fsp3) is 0.625. The van der Waals surface area contributed by atoms with E-state index in [-0.39, 0.29) is 0 Å². The molecule has 0 aromatic heterocycles. The molecule has 0 saturated carbocycles. The second-order valence-electron chi connectivity index (χ2n) is 5.09. The molecule has 0 aliphatic carbocycles. The summed E-state index contributed by atoms with van der Waals surface area (Å²) in [5, 5.41) is 3.42. The van der Waals surface area contributed by atoms with Crippen molar-refractivity contribution >= 4 is 0 Å². The minimum Gasteiger partial charge on any atom is -0.497 e. The van der Waals surface area contributed by atoms with Crippen LogP contribution in [-0.4, -0.2) is 39.6 Å². The van der Waals surface area contributed by atoms with Gasteiger partial charge in [-0.3, -0.25) is 0 Å². The molecule has 1 fully saturated rings. The van der Waals surface area contributed by atoms with Gasteiger partial charge in [0, 0.05) is 19.8 Å². The average Bonchev–Trinajstić information content (AvgIpc) is 3.00. The molecule has 1 atom stereocenters. The van der Waals surface area contributed by atoms with E-state index < -0.39 is 0 Å². The van der Waals surface area contributed by atoms with Crippen molar-refractivity contribution in [2.24, 2.45) is 0 Å². The van der Waals surface area contributed by atoms with E-state index in [9.17, 15) is 0 Å². The van der Waals surface area contributed by atoms with Gasteiger partial charge in [0.15, 0.2) is 0 Å². The first kappa shape index (κ1) is 15.3. The molecule has 4 heteroatoms. The van der Waals surface area contributed by atoms with Crippen LogP contribution in [0.15, 0.2) is 24.3 Å². The second-order valence-corrected chi connectivity index (χ2v) is 5.09. The number of hydrogen-bond acceptors (Lipinski definition) is 4. The van der Waals surface area contributed by atoms with E-state index >= 15 is 0 Å². The van der Waals surface area contributed by atoms with Crippen LogP contribution in [0, 0.1) is 0 Å². The lowest BCUT2D eigenvalue weighted by molar-refractivity contribution is 0.0166. The number of hydrogen-bond donors (Lipinski definition) is 1. The fourth-order valence-electron chi connectivity index (χ4n) is 2.27. The van der Waals surface area contributed by atoms with Crippen molar-refractivity contribution in [3.63, 3.8) is 0 Å². The van der Waals surface area contributed by atoms with Crippen molar-refractivity contribution < 1.29 is 14.2 Å². The lowest BCUT2D eigenvalue weighted by atomic mass is 10.2. The molecule has 1 saturated heterocycles. The van der Waals surface area contributed by atoms with Gasteiger partial charge in [0.25, 0.3) is 0 Å². The summed E-state index contributed by atoms with van der Waals surface area (Å²) in [6, 6.07) is 8.14. The van der Waals surface area contributed by atoms with Crippen molar-refractivity contribution in [1.29, 1.82) is 0 Å². The quantitative estimate of drug-likeness (QED) is 0.705. The molecule has 0 radical (unpaired) electrons. The second kappa shape index (κ2) is 8.95. The molecule has 1 unspecified atom stereocenters. The molecule has 1 aromatic carbocycles. The van der Waals surface area contributed by atoms with Crippen LogP contribution < -0.4 is 10.1 Å². The Hall–Kier alpha value is -1.10. The number of methoxy groups -OCH3 is 1. The van der Waals surface area contributed by atoms with E-state index in [1.54, 1.807) is 7.11 Å². The van der Waals surface area contributed by atoms with E-state index in [0.717, 1.165) is 51.5 Å². The first-order valence-corrected chi connectivity index (χ1v) is 7.41. The average molecular weight is 279 g/mol. The molecule has 1 N–H and O–H groups in total. The maximum absolute atomic E-state index is 5.62. The highest BCUT2D eigenvalue weighted by atomic mass is 16.5. The molecule has 0 bridgehead atoms. The summed E-state index contributed by atoms with van der Waals surface area (Å²) in [5.41, 5.74) is 1.27. The summed E-state index contributed by atoms with van der Waals surface area (Å²) >= 11 is 0. The lowest BCUT2D eigenvalue weighted by Crippen LogP contribution is -2.18. The SMILES string of the molecule is COc1ccc(CNCCCOCC2CCCO2)cc1. The fourth-order valence-corrected chi connectivity index (χ4v) is 2.27. The summed E-state index contributed by atoms with van der Waals surface area (Å²) in [6.07, 6.45) is 3.69. The number of rotatable bonds is 9. The molecule has 112 valence electrons. The zero-order valence-electron chi connectivity index (χ0n) is 12.3.